The summed E-state index contributed by atoms with van der Waals surface area (Å²) in [5, 5.41) is 0. The fraction of sp³-hybridized carbons (Fsp3) is 0.562. The predicted octanol–water partition coefficient (Wildman–Crippen LogP) is 3.99. The Hall–Kier alpha value is -1.09. The molecule has 4 atom stereocenters. The van der Waals surface area contributed by atoms with E-state index in [9.17, 15) is 4.79 Å². The number of fused-ring (bicyclic) bond motifs is 2. The topological polar surface area (TPSA) is 26.3 Å². The number of benzene rings is 1. The van der Waals surface area contributed by atoms with Crippen molar-refractivity contribution >= 4 is 13.9 Å². The number of ketones is 1. The van der Waals surface area contributed by atoms with Crippen molar-refractivity contribution in [2.45, 2.75) is 44.6 Å². The van der Waals surface area contributed by atoms with Gasteiger partial charge < -0.3 is 4.74 Å². The Bertz CT molecular complexity index is 518. The second-order valence-electron chi connectivity index (χ2n) is 7.11. The van der Waals surface area contributed by atoms with Gasteiger partial charge in [-0.3, -0.25) is 4.79 Å². The minimum absolute atomic E-state index is 0.0756. The Balaban J connectivity index is 1.97. The molecule has 2 aliphatic rings. The van der Waals surface area contributed by atoms with Crippen molar-refractivity contribution in [3.8, 4) is 5.75 Å². The molecule has 0 bridgehead atoms. The van der Waals surface area contributed by atoms with E-state index in [4.69, 9.17) is 4.74 Å². The first-order chi connectivity index (χ1) is 8.89. The molecule has 0 unspecified atom stereocenters. The number of carbonyl (C=O) groups excluding carboxylic acids is 1. The molecule has 3 heteroatoms. The molecule has 1 aliphatic carbocycles. The summed E-state index contributed by atoms with van der Waals surface area (Å²) in [5.74, 6) is 1.63. The molecule has 1 aromatic rings. The molecular formula is C16H22O2Si. The average molecular weight is 274 g/mol. The third kappa shape index (κ3) is 1.95. The smallest absolute Gasteiger partial charge is 0.173 e. The standard InChI is InChI=1S/C16H22O2Si/c1-10-14(19(2,3)4)9-13-15(10)16(17)11-7-5-6-8-12(11)18-13/h5-8,10,13-15H,9H2,1-4H3/t10-,13-,14+,15+/m0/s1. The van der Waals surface area contributed by atoms with E-state index in [-0.39, 0.29) is 12.0 Å². The zero-order chi connectivity index (χ0) is 13.8. The Morgan fingerprint density at radius 3 is 2.58 bits per heavy atom. The van der Waals surface area contributed by atoms with E-state index in [1.807, 2.05) is 24.3 Å². The van der Waals surface area contributed by atoms with Gasteiger partial charge in [-0.2, -0.15) is 0 Å². The van der Waals surface area contributed by atoms with Crippen LogP contribution in [0.3, 0.4) is 0 Å². The van der Waals surface area contributed by atoms with Crippen LogP contribution in [0.5, 0.6) is 5.75 Å². The van der Waals surface area contributed by atoms with Gasteiger partial charge >= 0.3 is 0 Å². The Kier molecular flexibility index (Phi) is 2.86. The van der Waals surface area contributed by atoms with Gasteiger partial charge in [-0.1, -0.05) is 38.7 Å². The number of Topliss-reactive ketones (excluding diaryl/α,β-unsaturated/α-hetero) is 1. The predicted molar refractivity (Wildman–Crippen MR) is 79.6 cm³/mol. The minimum atomic E-state index is -1.24. The van der Waals surface area contributed by atoms with Crippen molar-refractivity contribution in [1.82, 2.24) is 0 Å². The molecule has 1 heterocycles. The summed E-state index contributed by atoms with van der Waals surface area (Å²) < 4.78 is 6.12. The minimum Gasteiger partial charge on any atom is -0.489 e. The SMILES string of the molecule is C[C@@H]1[C@H]2C(=O)c3ccccc3O[C@H]2C[C@H]1[Si](C)(C)C. The molecular weight excluding hydrogens is 252 g/mol. The fourth-order valence-corrected chi connectivity index (χ4v) is 6.71. The van der Waals surface area contributed by atoms with Gasteiger partial charge in [0.1, 0.15) is 11.9 Å². The summed E-state index contributed by atoms with van der Waals surface area (Å²) >= 11 is 0. The average Bonchev–Trinajstić information content (AvgIpc) is 2.67. The van der Waals surface area contributed by atoms with Gasteiger partial charge in [0.25, 0.3) is 0 Å². The summed E-state index contributed by atoms with van der Waals surface area (Å²) in [6, 6.07) is 7.70. The lowest BCUT2D eigenvalue weighted by atomic mass is 9.86. The fourth-order valence-electron chi connectivity index (χ4n) is 3.99. The van der Waals surface area contributed by atoms with Gasteiger partial charge in [0.2, 0.25) is 0 Å². The van der Waals surface area contributed by atoms with Crippen LogP contribution in [0.15, 0.2) is 24.3 Å². The van der Waals surface area contributed by atoms with E-state index < -0.39 is 8.07 Å². The number of rotatable bonds is 1. The normalized spacial score (nSPS) is 33.6. The van der Waals surface area contributed by atoms with E-state index in [0.29, 0.717) is 17.2 Å². The van der Waals surface area contributed by atoms with Gasteiger partial charge in [-0.05, 0) is 30.0 Å². The highest BCUT2D eigenvalue weighted by Gasteiger charge is 2.52. The Morgan fingerprint density at radius 2 is 1.89 bits per heavy atom. The lowest BCUT2D eigenvalue weighted by molar-refractivity contribution is 0.0681. The zero-order valence-electron chi connectivity index (χ0n) is 12.1. The monoisotopic (exact) mass is 274 g/mol. The van der Waals surface area contributed by atoms with Crippen LogP contribution < -0.4 is 4.74 Å². The molecule has 0 saturated heterocycles. The number of para-hydroxylation sites is 1. The Labute approximate surface area is 116 Å². The van der Waals surface area contributed by atoms with Crippen LogP contribution in [0.1, 0.15) is 23.7 Å². The van der Waals surface area contributed by atoms with Crippen molar-refractivity contribution < 1.29 is 9.53 Å². The van der Waals surface area contributed by atoms with Gasteiger partial charge in [0.05, 0.1) is 11.5 Å². The highest BCUT2D eigenvalue weighted by Crippen LogP contribution is 2.51. The van der Waals surface area contributed by atoms with E-state index in [1.165, 1.54) is 0 Å². The summed E-state index contributed by atoms with van der Waals surface area (Å²) in [6.07, 6.45) is 1.16. The highest BCUT2D eigenvalue weighted by molar-refractivity contribution is 6.77. The molecule has 1 saturated carbocycles. The molecule has 0 amide bonds. The van der Waals surface area contributed by atoms with E-state index in [2.05, 4.69) is 26.6 Å². The lowest BCUT2D eigenvalue weighted by Crippen LogP contribution is -2.36. The molecule has 0 spiro atoms. The van der Waals surface area contributed by atoms with E-state index in [0.717, 1.165) is 17.7 Å². The maximum Gasteiger partial charge on any atom is 0.173 e. The van der Waals surface area contributed by atoms with E-state index in [1.54, 1.807) is 0 Å². The van der Waals surface area contributed by atoms with Gasteiger partial charge in [-0.25, -0.2) is 0 Å². The van der Waals surface area contributed by atoms with Crippen LogP contribution in [0.2, 0.25) is 25.2 Å². The van der Waals surface area contributed by atoms with Gasteiger partial charge in [0.15, 0.2) is 5.78 Å². The second-order valence-corrected chi connectivity index (χ2v) is 12.6. The highest BCUT2D eigenvalue weighted by atomic mass is 28.3. The molecule has 102 valence electrons. The van der Waals surface area contributed by atoms with Crippen molar-refractivity contribution in [3.63, 3.8) is 0 Å². The van der Waals surface area contributed by atoms with Crippen LogP contribution in [0.25, 0.3) is 0 Å². The molecule has 1 fully saturated rings. The van der Waals surface area contributed by atoms with Crippen molar-refractivity contribution in [2.24, 2.45) is 11.8 Å². The van der Waals surface area contributed by atoms with Crippen molar-refractivity contribution in [3.05, 3.63) is 29.8 Å². The van der Waals surface area contributed by atoms with Crippen LogP contribution in [-0.2, 0) is 0 Å². The summed E-state index contributed by atoms with van der Waals surface area (Å²) in [7, 11) is -1.24. The Morgan fingerprint density at radius 1 is 1.21 bits per heavy atom. The van der Waals surface area contributed by atoms with Crippen molar-refractivity contribution in [2.75, 3.05) is 0 Å². The quantitative estimate of drug-likeness (QED) is 0.724. The molecule has 0 N–H and O–H groups in total. The molecule has 0 aromatic heterocycles. The first-order valence-electron chi connectivity index (χ1n) is 7.19. The molecule has 1 aromatic carbocycles. The zero-order valence-corrected chi connectivity index (χ0v) is 13.1. The third-order valence-corrected chi connectivity index (χ3v) is 7.92. The van der Waals surface area contributed by atoms with Gasteiger partial charge in [0, 0.05) is 8.07 Å². The van der Waals surface area contributed by atoms with Crippen LogP contribution in [-0.4, -0.2) is 20.0 Å². The molecule has 19 heavy (non-hydrogen) atoms. The van der Waals surface area contributed by atoms with Crippen LogP contribution in [0.4, 0.5) is 0 Å². The second kappa shape index (κ2) is 4.20. The number of ether oxygens (including phenoxy) is 1. The summed E-state index contributed by atoms with van der Waals surface area (Å²) in [4.78, 5) is 12.7. The van der Waals surface area contributed by atoms with Crippen LogP contribution in [0, 0.1) is 11.8 Å². The van der Waals surface area contributed by atoms with Gasteiger partial charge in [-0.15, -0.1) is 0 Å². The number of hydrogen-bond acceptors (Lipinski definition) is 2. The maximum absolute atomic E-state index is 12.7. The number of hydrogen-bond donors (Lipinski definition) is 0. The lowest BCUT2D eigenvalue weighted by Gasteiger charge is -2.31. The summed E-state index contributed by atoms with van der Waals surface area (Å²) in [6.45, 7) is 9.47. The number of carbonyl (C=O) groups is 1. The first kappa shape index (κ1) is 12.9. The maximum atomic E-state index is 12.7. The molecule has 2 nitrogen and oxygen atoms in total. The van der Waals surface area contributed by atoms with E-state index >= 15 is 0 Å². The van der Waals surface area contributed by atoms with Crippen LogP contribution >= 0.6 is 0 Å². The molecule has 0 radical (unpaired) electrons. The first-order valence-corrected chi connectivity index (χ1v) is 10.8. The third-order valence-electron chi connectivity index (χ3n) is 4.93. The largest absolute Gasteiger partial charge is 0.489 e. The molecule has 1 aliphatic heterocycles. The summed E-state index contributed by atoms with van der Waals surface area (Å²) in [5.41, 5.74) is 1.47. The molecule has 3 rings (SSSR count). The van der Waals surface area contributed by atoms with Crippen molar-refractivity contribution in [1.29, 1.82) is 0 Å².